The molecule has 1 heterocycles. The second-order valence-electron chi connectivity index (χ2n) is 7.50. The van der Waals surface area contributed by atoms with Crippen molar-refractivity contribution in [3.05, 3.63) is 71.3 Å². The molecule has 0 spiro atoms. The summed E-state index contributed by atoms with van der Waals surface area (Å²) in [6.07, 6.45) is 3.92. The van der Waals surface area contributed by atoms with Gasteiger partial charge in [-0.05, 0) is 35.4 Å². The molecule has 3 nitrogen and oxygen atoms in total. The van der Waals surface area contributed by atoms with Crippen LogP contribution in [0, 0.1) is 5.92 Å². The minimum Gasteiger partial charge on any atom is -0.337 e. The van der Waals surface area contributed by atoms with Gasteiger partial charge in [0.2, 0.25) is 5.91 Å². The zero-order valence-electron chi connectivity index (χ0n) is 14.6. The minimum absolute atomic E-state index is 0.200. The first-order valence-corrected chi connectivity index (χ1v) is 9.38. The van der Waals surface area contributed by atoms with Crippen molar-refractivity contribution in [3.8, 4) is 0 Å². The van der Waals surface area contributed by atoms with Crippen molar-refractivity contribution < 1.29 is 4.79 Å². The fourth-order valence-electron chi connectivity index (χ4n) is 4.44. The smallest absolute Gasteiger partial charge is 0.223 e. The summed E-state index contributed by atoms with van der Waals surface area (Å²) in [5.74, 6) is 0.880. The van der Waals surface area contributed by atoms with Crippen molar-refractivity contribution in [1.82, 2.24) is 4.90 Å². The van der Waals surface area contributed by atoms with Gasteiger partial charge in [-0.25, -0.2) is 0 Å². The molecule has 1 saturated carbocycles. The molecule has 2 aliphatic rings. The summed E-state index contributed by atoms with van der Waals surface area (Å²) >= 11 is 0. The molecule has 25 heavy (non-hydrogen) atoms. The van der Waals surface area contributed by atoms with Crippen molar-refractivity contribution in [1.29, 1.82) is 0 Å². The summed E-state index contributed by atoms with van der Waals surface area (Å²) < 4.78 is 0. The number of carbonyl (C=O) groups is 1. The standard InChI is InChI=1S/C22H26N2O/c23-21-12-6-10-17(21)13-22(25)24-14-18-9-4-5-11-19(18)20(15-24)16-7-2-1-3-8-16/h1-5,7-9,11,17,20-21H,6,10,12-15,23H2/t17-,20?,21+/m0/s1. The highest BCUT2D eigenvalue weighted by atomic mass is 16.2. The Morgan fingerprint density at radius 3 is 2.56 bits per heavy atom. The second-order valence-corrected chi connectivity index (χ2v) is 7.50. The number of hydrogen-bond acceptors (Lipinski definition) is 2. The molecule has 3 atom stereocenters. The van der Waals surface area contributed by atoms with E-state index in [-0.39, 0.29) is 17.9 Å². The van der Waals surface area contributed by atoms with E-state index >= 15 is 0 Å². The molecule has 4 rings (SSSR count). The second kappa shape index (κ2) is 7.01. The van der Waals surface area contributed by atoms with Crippen molar-refractivity contribution in [2.24, 2.45) is 11.7 Å². The van der Waals surface area contributed by atoms with E-state index in [2.05, 4.69) is 48.5 Å². The van der Waals surface area contributed by atoms with Crippen molar-refractivity contribution in [2.75, 3.05) is 6.54 Å². The molecule has 130 valence electrons. The molecule has 1 unspecified atom stereocenters. The first-order valence-electron chi connectivity index (χ1n) is 9.38. The van der Waals surface area contributed by atoms with Crippen LogP contribution in [0.5, 0.6) is 0 Å². The third kappa shape index (κ3) is 3.34. The fourth-order valence-corrected chi connectivity index (χ4v) is 4.44. The van der Waals surface area contributed by atoms with Crippen LogP contribution in [0.25, 0.3) is 0 Å². The Hall–Kier alpha value is -2.13. The van der Waals surface area contributed by atoms with Gasteiger partial charge in [0.1, 0.15) is 0 Å². The van der Waals surface area contributed by atoms with Crippen LogP contribution >= 0.6 is 0 Å². The van der Waals surface area contributed by atoms with Gasteiger partial charge >= 0.3 is 0 Å². The van der Waals surface area contributed by atoms with E-state index in [4.69, 9.17) is 5.73 Å². The molecule has 2 N–H and O–H groups in total. The largest absolute Gasteiger partial charge is 0.337 e. The molecular formula is C22H26N2O. The lowest BCUT2D eigenvalue weighted by Crippen LogP contribution is -2.40. The van der Waals surface area contributed by atoms with Crippen LogP contribution in [0.4, 0.5) is 0 Å². The molecule has 1 aliphatic carbocycles. The highest BCUT2D eigenvalue weighted by Crippen LogP contribution is 2.35. The lowest BCUT2D eigenvalue weighted by molar-refractivity contribution is -0.133. The van der Waals surface area contributed by atoms with Crippen molar-refractivity contribution in [2.45, 2.75) is 44.2 Å². The average Bonchev–Trinajstić information content (AvgIpc) is 3.06. The predicted molar refractivity (Wildman–Crippen MR) is 100 cm³/mol. The summed E-state index contributed by atoms with van der Waals surface area (Å²) in [6, 6.07) is 19.3. The summed E-state index contributed by atoms with van der Waals surface area (Å²) in [4.78, 5) is 15.0. The van der Waals surface area contributed by atoms with Crippen LogP contribution in [0.15, 0.2) is 54.6 Å². The van der Waals surface area contributed by atoms with Crippen molar-refractivity contribution >= 4 is 5.91 Å². The zero-order valence-corrected chi connectivity index (χ0v) is 14.6. The monoisotopic (exact) mass is 334 g/mol. The highest BCUT2D eigenvalue weighted by molar-refractivity contribution is 5.77. The fraction of sp³-hybridized carbons (Fsp3) is 0.409. The maximum absolute atomic E-state index is 13.0. The van der Waals surface area contributed by atoms with E-state index in [0.717, 1.165) is 32.4 Å². The van der Waals surface area contributed by atoms with Gasteiger partial charge in [-0.1, -0.05) is 61.0 Å². The lowest BCUT2D eigenvalue weighted by Gasteiger charge is -2.36. The van der Waals surface area contributed by atoms with Crippen LogP contribution < -0.4 is 5.73 Å². The molecule has 0 bridgehead atoms. The Labute approximate surface area is 149 Å². The summed E-state index contributed by atoms with van der Waals surface area (Å²) in [7, 11) is 0. The number of amides is 1. The normalized spacial score (nSPS) is 25.6. The summed E-state index contributed by atoms with van der Waals surface area (Å²) in [5, 5.41) is 0. The number of carbonyl (C=O) groups excluding carboxylic acids is 1. The SMILES string of the molecule is N[C@@H]1CCC[C@H]1CC(=O)N1Cc2ccccc2C(c2ccccc2)C1. The first kappa shape index (κ1) is 16.3. The molecule has 0 saturated heterocycles. The maximum atomic E-state index is 13.0. The van der Waals surface area contributed by atoms with E-state index < -0.39 is 0 Å². The van der Waals surface area contributed by atoms with E-state index in [1.807, 2.05) is 11.0 Å². The summed E-state index contributed by atoms with van der Waals surface area (Å²) in [5.41, 5.74) is 10.1. The van der Waals surface area contributed by atoms with Crippen molar-refractivity contribution in [3.63, 3.8) is 0 Å². The molecule has 1 fully saturated rings. The lowest BCUT2D eigenvalue weighted by atomic mass is 9.84. The Kier molecular flexibility index (Phi) is 4.58. The molecule has 2 aromatic rings. The molecule has 0 aromatic heterocycles. The Bertz CT molecular complexity index is 743. The Morgan fingerprint density at radius 1 is 1.04 bits per heavy atom. The third-order valence-corrected chi connectivity index (χ3v) is 5.90. The van der Waals surface area contributed by atoms with Crippen LogP contribution in [0.3, 0.4) is 0 Å². The molecule has 1 amide bonds. The van der Waals surface area contributed by atoms with Gasteiger partial charge in [0.05, 0.1) is 0 Å². The van der Waals surface area contributed by atoms with Gasteiger partial charge in [0.25, 0.3) is 0 Å². The quantitative estimate of drug-likeness (QED) is 0.931. The van der Waals surface area contributed by atoms with Crippen LogP contribution in [-0.4, -0.2) is 23.4 Å². The maximum Gasteiger partial charge on any atom is 0.223 e. The van der Waals surface area contributed by atoms with Gasteiger partial charge in [-0.3, -0.25) is 4.79 Å². The highest BCUT2D eigenvalue weighted by Gasteiger charge is 2.32. The number of fused-ring (bicyclic) bond motifs is 1. The van der Waals surface area contributed by atoms with Gasteiger partial charge in [0.15, 0.2) is 0 Å². The van der Waals surface area contributed by atoms with Crippen LogP contribution in [0.2, 0.25) is 0 Å². The van der Waals surface area contributed by atoms with Gasteiger partial charge in [0, 0.05) is 31.5 Å². The van der Waals surface area contributed by atoms with E-state index in [1.165, 1.54) is 16.7 Å². The molecule has 0 radical (unpaired) electrons. The topological polar surface area (TPSA) is 46.3 Å². The van der Waals surface area contributed by atoms with Gasteiger partial charge in [-0.2, -0.15) is 0 Å². The predicted octanol–water partition coefficient (Wildman–Crippen LogP) is 3.68. The Balaban J connectivity index is 1.58. The number of hydrogen-bond donors (Lipinski definition) is 1. The van der Waals surface area contributed by atoms with Crippen LogP contribution in [0.1, 0.15) is 48.3 Å². The minimum atomic E-state index is 0.200. The number of benzene rings is 2. The number of nitrogens with zero attached hydrogens (tertiary/aromatic N) is 1. The van der Waals surface area contributed by atoms with Gasteiger partial charge < -0.3 is 10.6 Å². The third-order valence-electron chi connectivity index (χ3n) is 5.90. The average molecular weight is 334 g/mol. The van der Waals surface area contributed by atoms with E-state index in [0.29, 0.717) is 12.3 Å². The number of rotatable bonds is 3. The molecular weight excluding hydrogens is 308 g/mol. The van der Waals surface area contributed by atoms with E-state index in [9.17, 15) is 4.79 Å². The Morgan fingerprint density at radius 2 is 1.80 bits per heavy atom. The number of nitrogens with two attached hydrogens (primary N) is 1. The molecule has 2 aromatic carbocycles. The van der Waals surface area contributed by atoms with Gasteiger partial charge in [-0.15, -0.1) is 0 Å². The summed E-state index contributed by atoms with van der Waals surface area (Å²) in [6.45, 7) is 1.49. The molecule has 1 aliphatic heterocycles. The van der Waals surface area contributed by atoms with E-state index in [1.54, 1.807) is 0 Å². The van der Waals surface area contributed by atoms with Crippen LogP contribution in [-0.2, 0) is 11.3 Å². The zero-order chi connectivity index (χ0) is 17.2. The molecule has 3 heteroatoms. The first-order chi connectivity index (χ1) is 12.2.